The van der Waals surface area contributed by atoms with E-state index in [0.717, 1.165) is 0 Å². The SMILES string of the molecule is C.CN.CS.I.N.[3H]C.[V].[W].[Y]. The molecule has 74 valence electrons. The third kappa shape index (κ3) is 152. The smallest absolute Gasteiger partial charge is 0.0194 e. The van der Waals surface area contributed by atoms with Gasteiger partial charge in [0.25, 0.3) is 0 Å². The fourth-order valence-corrected chi connectivity index (χ4v) is 0. The van der Waals surface area contributed by atoms with Crippen molar-refractivity contribution in [2.45, 2.75) is 14.8 Å². The molecule has 0 aliphatic carbocycles. The van der Waals surface area contributed by atoms with Crippen LogP contribution in [0.2, 0.25) is 0 Å². The summed E-state index contributed by atoms with van der Waals surface area (Å²) in [6.07, 6.45) is 1.69. The minimum absolute atomic E-state index is 0. The van der Waals surface area contributed by atoms with Gasteiger partial charge in [0.15, 0.2) is 0 Å². The van der Waals surface area contributed by atoms with Crippen LogP contribution in [0.15, 0.2) is 0 Å². The first-order valence-electron chi connectivity index (χ1n) is 2.02. The Bertz CT molecular complexity index is 33.0. The molecule has 0 spiro atoms. The average molecular weight is 582 g/mol. The second kappa shape index (κ2) is 180. The van der Waals surface area contributed by atoms with Gasteiger partial charge in [-0.2, -0.15) is 12.6 Å². The second-order valence-corrected chi connectivity index (χ2v) is 0. The summed E-state index contributed by atoms with van der Waals surface area (Å²) in [6.45, 7) is 0. The fourth-order valence-electron chi connectivity index (χ4n) is 0. The molecule has 2 nitrogen and oxygen atoms in total. The van der Waals surface area contributed by atoms with Crippen LogP contribution in [0.3, 0.4) is 0 Å². The van der Waals surface area contributed by atoms with Crippen LogP contribution in [-0.4, -0.2) is 13.3 Å². The Labute approximate surface area is 148 Å². The molecular weight excluding hydrogens is 559 g/mol. The van der Waals surface area contributed by atoms with Crippen molar-refractivity contribution in [3.63, 3.8) is 0 Å². The van der Waals surface area contributed by atoms with Crippen molar-refractivity contribution in [3.05, 3.63) is 0 Å². The molecule has 0 saturated heterocycles. The van der Waals surface area contributed by atoms with Crippen LogP contribution in [0.1, 0.15) is 16.2 Å². The Morgan fingerprint density at radius 2 is 1.18 bits per heavy atom. The van der Waals surface area contributed by atoms with Crippen molar-refractivity contribution >= 4 is 36.6 Å². The first-order chi connectivity index (χ1) is 3.00. The zero-order valence-electron chi connectivity index (χ0n) is 7.57. The molecule has 0 unspecified atom stereocenters. The van der Waals surface area contributed by atoms with Gasteiger partial charge < -0.3 is 11.9 Å². The van der Waals surface area contributed by atoms with Gasteiger partial charge in [0.05, 0.1) is 0 Å². The van der Waals surface area contributed by atoms with E-state index in [1.54, 1.807) is 6.26 Å². The van der Waals surface area contributed by atoms with E-state index in [-0.39, 0.29) is 110 Å². The number of hydrogen-bond acceptors (Lipinski definition) is 3. The summed E-state index contributed by atoms with van der Waals surface area (Å²) in [4.78, 5) is 0. The normalized spacial score (nSPS) is 1.73. The van der Waals surface area contributed by atoms with Crippen molar-refractivity contribution in [1.82, 2.24) is 6.15 Å². The molecule has 0 bridgehead atoms. The van der Waals surface area contributed by atoms with Crippen LogP contribution < -0.4 is 11.9 Å². The topological polar surface area (TPSA) is 61.0 Å². The fraction of sp³-hybridized carbons (Fsp3) is 1.00. The predicted molar refractivity (Wildman–Crippen MR) is 58.9 cm³/mol. The maximum atomic E-state index is 5.75. The number of rotatable bonds is 0. The molecule has 0 heterocycles. The maximum Gasteiger partial charge on any atom is 0.0194 e. The third-order valence-electron chi connectivity index (χ3n) is 0. The van der Waals surface area contributed by atoms with Gasteiger partial charge in [-0.15, -0.1) is 24.0 Å². The Kier molecular flexibility index (Phi) is 1030. The van der Waals surface area contributed by atoms with Gasteiger partial charge in [0.2, 0.25) is 0 Å². The average Bonchev–Trinajstić information content (AvgIpc) is 1.81. The quantitative estimate of drug-likeness (QED) is 0.304. The summed E-state index contributed by atoms with van der Waals surface area (Å²) in [5.74, 6) is 0. The molecule has 0 amide bonds. The molecule has 0 aliphatic rings. The van der Waals surface area contributed by atoms with Crippen LogP contribution in [0.4, 0.5) is 0 Å². The monoisotopic (exact) mass is 582 g/mol. The van der Waals surface area contributed by atoms with E-state index in [0.29, 0.717) is 0 Å². The van der Waals surface area contributed by atoms with Gasteiger partial charge in [0, 0.05) is 73.7 Å². The van der Waals surface area contributed by atoms with E-state index in [2.05, 4.69) is 18.4 Å². The zero-order chi connectivity index (χ0) is 6.00. The van der Waals surface area contributed by atoms with E-state index >= 15 is 0 Å². The van der Waals surface area contributed by atoms with Crippen LogP contribution in [-0.2, 0) is 72.3 Å². The Hall–Kier alpha value is 3.38. The summed E-state index contributed by atoms with van der Waals surface area (Å²) in [6, 6.07) is 0. The summed E-state index contributed by atoms with van der Waals surface area (Å²) < 4.78 is 5.75. The molecule has 7 heteroatoms. The van der Waals surface area contributed by atoms with Gasteiger partial charge in [-0.25, -0.2) is 0 Å². The van der Waals surface area contributed by atoms with Crippen molar-refractivity contribution in [2.24, 2.45) is 5.73 Å². The van der Waals surface area contributed by atoms with Crippen LogP contribution in [0.25, 0.3) is 0 Å². The van der Waals surface area contributed by atoms with Crippen LogP contribution in [0.5, 0.6) is 0 Å². The van der Waals surface area contributed by atoms with Gasteiger partial charge in [-0.1, -0.05) is 14.8 Å². The molecule has 0 aromatic heterocycles. The third-order valence-corrected chi connectivity index (χ3v) is 0. The molecule has 0 aromatic rings. The molecular formula is C4H21IN2SVWY. The van der Waals surface area contributed by atoms with Crippen molar-refractivity contribution in [1.29, 1.82) is 0 Å². The molecule has 0 aromatic carbocycles. The first-order valence-corrected chi connectivity index (χ1v) is 1.92. The van der Waals surface area contributed by atoms with Crippen LogP contribution in [0, 0.1) is 0 Å². The van der Waals surface area contributed by atoms with Gasteiger partial charge in [0.1, 0.15) is 0 Å². The molecule has 5 N–H and O–H groups in total. The number of halogens is 1. The standard InChI is InChI=1S/CH5N.CH4S.2CH4.HI.H3N.V.W.Y/c2*1-2;;;;;;;/h2H2,1H3;2H,1H3;2*1H4;1H;1H3;;;/i;;1T;;;;;;. The van der Waals surface area contributed by atoms with Crippen molar-refractivity contribution in [3.8, 4) is 0 Å². The molecule has 11 heavy (non-hydrogen) atoms. The van der Waals surface area contributed by atoms with Gasteiger partial charge >= 0.3 is 0 Å². The summed E-state index contributed by atoms with van der Waals surface area (Å²) in [7, 11) is 2.75. The van der Waals surface area contributed by atoms with E-state index in [1.165, 1.54) is 14.5 Å². The molecule has 0 aliphatic heterocycles. The number of hydrogen-bond donors (Lipinski definition) is 3. The van der Waals surface area contributed by atoms with E-state index < -0.39 is 0 Å². The molecule has 0 saturated carbocycles. The number of thiol groups is 1. The minimum Gasteiger partial charge on any atom is -0.344 e. The van der Waals surface area contributed by atoms with E-state index in [9.17, 15) is 0 Å². The Morgan fingerprint density at radius 3 is 1.18 bits per heavy atom. The summed E-state index contributed by atoms with van der Waals surface area (Å²) in [5, 5.41) is 0. The zero-order valence-corrected chi connectivity index (χ0v) is 17.0. The van der Waals surface area contributed by atoms with Crippen molar-refractivity contribution in [2.75, 3.05) is 13.3 Å². The van der Waals surface area contributed by atoms with E-state index in [4.69, 9.17) is 1.37 Å². The number of nitrogens with two attached hydrogens (primary N) is 1. The summed E-state index contributed by atoms with van der Waals surface area (Å²) >= 11 is 3.53. The predicted octanol–water partition coefficient (Wildman–Crippen LogP) is 2.17. The maximum absolute atomic E-state index is 5.75. The molecule has 0 atom stereocenters. The Balaban J connectivity index is -0.00000000129. The van der Waals surface area contributed by atoms with Gasteiger partial charge in [-0.3, -0.25) is 0 Å². The Morgan fingerprint density at radius 1 is 1.18 bits per heavy atom. The largest absolute Gasteiger partial charge is 0.344 e. The van der Waals surface area contributed by atoms with E-state index in [1.807, 2.05) is 0 Å². The van der Waals surface area contributed by atoms with Crippen molar-refractivity contribution < 1.29 is 73.7 Å². The minimum atomic E-state index is 0. The summed E-state index contributed by atoms with van der Waals surface area (Å²) in [5.41, 5.74) is 4.50. The molecule has 0 fully saturated rings. The first kappa shape index (κ1) is 63.3. The molecule has 0 rings (SSSR count). The second-order valence-electron chi connectivity index (χ2n) is 0. The van der Waals surface area contributed by atoms with Crippen LogP contribution >= 0.6 is 36.6 Å². The van der Waals surface area contributed by atoms with Gasteiger partial charge in [-0.05, 0) is 13.3 Å². The molecule has 2 radical (unpaired) electrons.